The quantitative estimate of drug-likeness (QED) is 0.403. The molecule has 27 heavy (non-hydrogen) atoms. The van der Waals surface area contributed by atoms with Crippen LogP contribution in [0.15, 0.2) is 0 Å². The number of amides is 2. The van der Waals surface area contributed by atoms with Gasteiger partial charge in [0, 0.05) is 6.04 Å². The molecule has 0 aromatic carbocycles. The molecule has 2 amide bonds. The van der Waals surface area contributed by atoms with Crippen LogP contribution >= 0.6 is 0 Å². The van der Waals surface area contributed by atoms with E-state index in [0.29, 0.717) is 11.3 Å². The Morgan fingerprint density at radius 2 is 1.30 bits per heavy atom. The molecule has 0 heterocycles. The van der Waals surface area contributed by atoms with Gasteiger partial charge in [-0.05, 0) is 61.3 Å². The molecule has 8 heteroatoms. The lowest BCUT2D eigenvalue weighted by molar-refractivity contribution is -0.147. The second-order valence-electron chi connectivity index (χ2n) is 8.63. The van der Waals surface area contributed by atoms with Gasteiger partial charge in [-0.2, -0.15) is 4.90 Å². The van der Waals surface area contributed by atoms with Crippen molar-refractivity contribution in [1.82, 2.24) is 4.90 Å². The molecular weight excluding hydrogens is 352 g/mol. The van der Waals surface area contributed by atoms with Gasteiger partial charge in [-0.3, -0.25) is 0 Å². The summed E-state index contributed by atoms with van der Waals surface area (Å²) >= 11 is 0. The Bertz CT molecular complexity index is 477. The fourth-order valence-corrected chi connectivity index (χ4v) is 2.24. The van der Waals surface area contributed by atoms with Crippen molar-refractivity contribution in [3.63, 3.8) is 0 Å². The van der Waals surface area contributed by atoms with Crippen molar-refractivity contribution in [3.05, 3.63) is 0 Å². The third-order valence-electron chi connectivity index (χ3n) is 3.35. The molecule has 0 saturated heterocycles. The van der Waals surface area contributed by atoms with Crippen LogP contribution in [0.2, 0.25) is 0 Å². The molecule has 1 unspecified atom stereocenters. The average Bonchev–Trinajstić information content (AvgIpc) is 2.45. The Morgan fingerprint density at radius 3 is 1.63 bits per heavy atom. The lowest BCUT2D eigenvalue weighted by atomic mass is 10.0. The largest absolute Gasteiger partial charge is 0.467 e. The molecule has 0 radical (unpaired) electrons. The predicted molar refractivity (Wildman–Crippen MR) is 102 cm³/mol. The lowest BCUT2D eigenvalue weighted by Crippen LogP contribution is -2.52. The second-order valence-corrected chi connectivity index (χ2v) is 8.63. The number of ether oxygens (including phenoxy) is 3. The number of nitrogens with zero attached hydrogens (tertiary/aromatic N) is 1. The van der Waals surface area contributed by atoms with Gasteiger partial charge in [0.25, 0.3) is 0 Å². The zero-order chi connectivity index (χ0) is 21.4. The Morgan fingerprint density at radius 1 is 0.889 bits per heavy atom. The first-order valence-corrected chi connectivity index (χ1v) is 9.26. The molecule has 0 spiro atoms. The van der Waals surface area contributed by atoms with Gasteiger partial charge >= 0.3 is 18.2 Å². The summed E-state index contributed by atoms with van der Waals surface area (Å²) in [5.74, 6) is -0.701. The topological polar surface area (TPSA) is 108 Å². The highest BCUT2D eigenvalue weighted by Crippen LogP contribution is 2.20. The van der Waals surface area contributed by atoms with Crippen molar-refractivity contribution < 1.29 is 28.6 Å². The first kappa shape index (κ1) is 25.2. The maximum atomic E-state index is 12.7. The normalized spacial score (nSPS) is 14.1. The minimum absolute atomic E-state index is 0.0365. The Hall–Kier alpha value is -1.83. The van der Waals surface area contributed by atoms with Crippen molar-refractivity contribution in [1.29, 1.82) is 0 Å². The molecule has 8 nitrogen and oxygen atoms in total. The summed E-state index contributed by atoms with van der Waals surface area (Å²) in [6, 6.07) is -1.10. The zero-order valence-corrected chi connectivity index (χ0v) is 18.0. The van der Waals surface area contributed by atoms with E-state index in [1.165, 1.54) is 7.11 Å². The van der Waals surface area contributed by atoms with Crippen LogP contribution in [0.25, 0.3) is 0 Å². The molecule has 0 aliphatic carbocycles. The molecule has 0 rings (SSSR count). The Labute approximate surface area is 162 Å². The molecular formula is C19H36N2O6. The summed E-state index contributed by atoms with van der Waals surface area (Å²) in [7, 11) is 1.21. The van der Waals surface area contributed by atoms with Crippen LogP contribution < -0.4 is 5.73 Å². The number of carbonyl (C=O) groups excluding carboxylic acids is 3. The summed E-state index contributed by atoms with van der Waals surface area (Å²) in [5, 5.41) is 0. The average molecular weight is 389 g/mol. The minimum Gasteiger partial charge on any atom is -0.467 e. The van der Waals surface area contributed by atoms with Crippen molar-refractivity contribution >= 4 is 18.2 Å². The molecule has 0 bridgehead atoms. The predicted octanol–water partition coefficient (Wildman–Crippen LogP) is 3.61. The fraction of sp³-hybridized carbons (Fsp3) is 0.842. The number of methoxy groups -OCH3 is 1. The molecule has 0 aromatic rings. The van der Waals surface area contributed by atoms with Crippen LogP contribution in [-0.2, 0) is 19.0 Å². The lowest BCUT2D eigenvalue weighted by Gasteiger charge is -2.32. The zero-order valence-electron chi connectivity index (χ0n) is 18.0. The number of rotatable bonds is 7. The van der Waals surface area contributed by atoms with Crippen LogP contribution in [0, 0.1) is 0 Å². The summed E-state index contributed by atoms with van der Waals surface area (Å²) < 4.78 is 15.4. The van der Waals surface area contributed by atoms with E-state index in [1.54, 1.807) is 41.5 Å². The summed E-state index contributed by atoms with van der Waals surface area (Å²) in [4.78, 5) is 38.4. The molecule has 0 fully saturated rings. The van der Waals surface area contributed by atoms with E-state index in [4.69, 9.17) is 19.9 Å². The van der Waals surface area contributed by atoms with Gasteiger partial charge in [0.15, 0.2) is 0 Å². The Kier molecular flexibility index (Phi) is 9.78. The van der Waals surface area contributed by atoms with Gasteiger partial charge in [0.05, 0.1) is 7.11 Å². The number of nitrogens with two attached hydrogens (primary N) is 1. The highest BCUT2D eigenvalue weighted by molar-refractivity contribution is 5.94. The standard InChI is InChI=1S/C19H36N2O6/c1-13(20)11-9-10-12-14(15(22)25-8)21(16(23)26-18(2,3)4)17(24)27-19(5,6)7/h13-14H,9-12,20H2,1-8H3/t13?,14-/m0/s1. The van der Waals surface area contributed by atoms with Crippen LogP contribution in [0.5, 0.6) is 0 Å². The maximum Gasteiger partial charge on any atom is 0.420 e. The molecule has 0 aliphatic heterocycles. The molecule has 0 saturated carbocycles. The minimum atomic E-state index is -1.13. The van der Waals surface area contributed by atoms with Crippen molar-refractivity contribution in [2.75, 3.05) is 7.11 Å². The molecule has 2 atom stereocenters. The number of imide groups is 1. The third-order valence-corrected chi connectivity index (χ3v) is 3.35. The van der Waals surface area contributed by atoms with Gasteiger partial charge in [0.2, 0.25) is 0 Å². The monoisotopic (exact) mass is 388 g/mol. The van der Waals surface area contributed by atoms with Gasteiger partial charge in [-0.15, -0.1) is 0 Å². The first-order chi connectivity index (χ1) is 12.2. The highest BCUT2D eigenvalue weighted by Gasteiger charge is 2.40. The number of esters is 1. The molecule has 2 N–H and O–H groups in total. The summed E-state index contributed by atoms with van der Waals surface area (Å²) in [6.45, 7) is 11.9. The number of hydrogen-bond acceptors (Lipinski definition) is 7. The molecule has 0 aliphatic rings. The van der Waals surface area contributed by atoms with Gasteiger partial charge in [0.1, 0.15) is 17.2 Å². The third kappa shape index (κ3) is 10.8. The van der Waals surface area contributed by atoms with Crippen molar-refractivity contribution in [2.24, 2.45) is 5.73 Å². The number of carbonyl (C=O) groups is 3. The van der Waals surface area contributed by atoms with Gasteiger partial charge in [-0.1, -0.05) is 12.8 Å². The Balaban J connectivity index is 5.57. The van der Waals surface area contributed by atoms with Crippen LogP contribution in [0.4, 0.5) is 9.59 Å². The van der Waals surface area contributed by atoms with Gasteiger partial charge < -0.3 is 19.9 Å². The van der Waals surface area contributed by atoms with Crippen LogP contribution in [0.1, 0.15) is 74.1 Å². The van der Waals surface area contributed by atoms with Crippen molar-refractivity contribution in [2.45, 2.75) is 97.4 Å². The molecule has 0 aromatic heterocycles. The highest BCUT2D eigenvalue weighted by atomic mass is 16.6. The molecule has 158 valence electrons. The second kappa shape index (κ2) is 10.5. The van der Waals surface area contributed by atoms with Gasteiger partial charge in [-0.25, -0.2) is 14.4 Å². The first-order valence-electron chi connectivity index (χ1n) is 9.26. The van der Waals surface area contributed by atoms with E-state index in [-0.39, 0.29) is 12.5 Å². The fourth-order valence-electron chi connectivity index (χ4n) is 2.24. The summed E-state index contributed by atoms with van der Waals surface area (Å²) in [6.07, 6.45) is 0.453. The van der Waals surface area contributed by atoms with Crippen molar-refractivity contribution in [3.8, 4) is 0 Å². The smallest absolute Gasteiger partial charge is 0.420 e. The van der Waals surface area contributed by atoms with Crippen LogP contribution in [0.3, 0.4) is 0 Å². The van der Waals surface area contributed by atoms with E-state index in [2.05, 4.69) is 0 Å². The van der Waals surface area contributed by atoms with E-state index < -0.39 is 35.4 Å². The summed E-state index contributed by atoms with van der Waals surface area (Å²) in [5.41, 5.74) is 4.06. The number of unbranched alkanes of at least 4 members (excludes halogenated alkanes) is 1. The maximum absolute atomic E-state index is 12.7. The van der Waals surface area contributed by atoms with Crippen LogP contribution in [-0.4, -0.2) is 53.5 Å². The van der Waals surface area contributed by atoms with E-state index >= 15 is 0 Å². The van der Waals surface area contributed by atoms with E-state index in [1.807, 2.05) is 6.92 Å². The SMILES string of the molecule is COC(=O)[C@H](CCCCC(C)N)N(C(=O)OC(C)(C)C)C(=O)OC(C)(C)C. The van der Waals surface area contributed by atoms with E-state index in [0.717, 1.165) is 12.8 Å². The van der Waals surface area contributed by atoms with E-state index in [9.17, 15) is 14.4 Å². The number of hydrogen-bond donors (Lipinski definition) is 1.